The number of rotatable bonds is 2. The van der Waals surface area contributed by atoms with Crippen LogP contribution in [0, 0.1) is 5.92 Å². The summed E-state index contributed by atoms with van der Waals surface area (Å²) in [5.74, 6) is 0.624. The molecule has 2 nitrogen and oxygen atoms in total. The van der Waals surface area contributed by atoms with Crippen molar-refractivity contribution in [1.82, 2.24) is 0 Å². The Labute approximate surface area is 62.7 Å². The highest BCUT2D eigenvalue weighted by Crippen LogP contribution is 2.22. The van der Waals surface area contributed by atoms with Crippen molar-refractivity contribution in [1.29, 1.82) is 0 Å². The molecule has 2 heteroatoms. The molecule has 1 aliphatic carbocycles. The molecular formula is C8H17NO. The minimum atomic E-state index is 0.397. The Morgan fingerprint density at radius 1 is 1.40 bits per heavy atom. The van der Waals surface area contributed by atoms with Gasteiger partial charge in [-0.25, -0.2) is 0 Å². The minimum absolute atomic E-state index is 0.397. The van der Waals surface area contributed by atoms with E-state index in [1.54, 1.807) is 7.11 Å². The fraction of sp³-hybridized carbons (Fsp3) is 1.00. The van der Waals surface area contributed by atoms with Gasteiger partial charge < -0.3 is 10.5 Å². The lowest BCUT2D eigenvalue weighted by Crippen LogP contribution is -2.35. The van der Waals surface area contributed by atoms with Crippen LogP contribution in [0.1, 0.15) is 25.7 Å². The topological polar surface area (TPSA) is 35.2 Å². The summed E-state index contributed by atoms with van der Waals surface area (Å²) in [6.45, 7) is 0.848. The second-order valence-electron chi connectivity index (χ2n) is 3.16. The molecule has 0 aromatic heterocycles. The van der Waals surface area contributed by atoms with E-state index in [-0.39, 0.29) is 0 Å². The molecule has 0 aromatic carbocycles. The summed E-state index contributed by atoms with van der Waals surface area (Å²) in [5.41, 5.74) is 5.89. The van der Waals surface area contributed by atoms with Crippen molar-refractivity contribution in [2.45, 2.75) is 31.7 Å². The molecule has 0 bridgehead atoms. The average Bonchev–Trinajstić information content (AvgIpc) is 1.94. The predicted octanol–water partition coefficient (Wildman–Crippen LogP) is 1.15. The Hall–Kier alpha value is -0.0800. The molecule has 0 aromatic rings. The van der Waals surface area contributed by atoms with Crippen molar-refractivity contribution in [3.63, 3.8) is 0 Å². The number of ether oxygens (including phenoxy) is 1. The zero-order chi connectivity index (χ0) is 7.40. The van der Waals surface area contributed by atoms with E-state index in [1.165, 1.54) is 25.7 Å². The summed E-state index contributed by atoms with van der Waals surface area (Å²) in [7, 11) is 1.75. The summed E-state index contributed by atoms with van der Waals surface area (Å²) >= 11 is 0. The van der Waals surface area contributed by atoms with Gasteiger partial charge in [0.25, 0.3) is 0 Å². The fourth-order valence-electron chi connectivity index (χ4n) is 1.66. The van der Waals surface area contributed by atoms with Gasteiger partial charge in [-0.3, -0.25) is 0 Å². The molecule has 0 saturated heterocycles. The quantitative estimate of drug-likeness (QED) is 0.629. The molecule has 1 aliphatic rings. The van der Waals surface area contributed by atoms with E-state index < -0.39 is 0 Å². The molecule has 1 saturated carbocycles. The lowest BCUT2D eigenvalue weighted by molar-refractivity contribution is 0.119. The largest absolute Gasteiger partial charge is 0.384 e. The summed E-state index contributed by atoms with van der Waals surface area (Å²) < 4.78 is 5.07. The van der Waals surface area contributed by atoms with E-state index in [9.17, 15) is 0 Å². The van der Waals surface area contributed by atoms with Crippen molar-refractivity contribution in [3.8, 4) is 0 Å². The van der Waals surface area contributed by atoms with Crippen LogP contribution in [0.5, 0.6) is 0 Å². The van der Waals surface area contributed by atoms with Crippen LogP contribution in [0.15, 0.2) is 0 Å². The van der Waals surface area contributed by atoms with Gasteiger partial charge in [-0.1, -0.05) is 12.8 Å². The number of nitrogens with two attached hydrogens (primary N) is 1. The average molecular weight is 143 g/mol. The molecule has 1 fully saturated rings. The highest BCUT2D eigenvalue weighted by atomic mass is 16.5. The predicted molar refractivity (Wildman–Crippen MR) is 41.8 cm³/mol. The van der Waals surface area contributed by atoms with Crippen LogP contribution >= 0.6 is 0 Å². The van der Waals surface area contributed by atoms with Crippen LogP contribution < -0.4 is 5.73 Å². The second kappa shape index (κ2) is 3.94. The smallest absolute Gasteiger partial charge is 0.0505 e. The SMILES string of the molecule is COC[C@H]1CCCC[C@H]1N. The molecule has 2 atom stereocenters. The van der Waals surface area contributed by atoms with Crippen LogP contribution in [0.4, 0.5) is 0 Å². The first-order valence-corrected chi connectivity index (χ1v) is 4.09. The Morgan fingerprint density at radius 3 is 2.70 bits per heavy atom. The van der Waals surface area contributed by atoms with Gasteiger partial charge in [0.05, 0.1) is 6.61 Å². The monoisotopic (exact) mass is 143 g/mol. The molecule has 0 unspecified atom stereocenters. The maximum Gasteiger partial charge on any atom is 0.0505 e. The van der Waals surface area contributed by atoms with E-state index in [1.807, 2.05) is 0 Å². The first-order valence-electron chi connectivity index (χ1n) is 4.09. The summed E-state index contributed by atoms with van der Waals surface area (Å²) in [6.07, 6.45) is 5.09. The molecule has 0 aliphatic heterocycles. The molecule has 2 N–H and O–H groups in total. The maximum atomic E-state index is 5.89. The minimum Gasteiger partial charge on any atom is -0.384 e. The second-order valence-corrected chi connectivity index (χ2v) is 3.16. The standard InChI is InChI=1S/C8H17NO/c1-10-6-7-4-2-3-5-8(7)9/h7-8H,2-6,9H2,1H3/t7-,8-/m1/s1. The highest BCUT2D eigenvalue weighted by molar-refractivity contribution is 4.77. The Balaban J connectivity index is 2.25. The van der Waals surface area contributed by atoms with Gasteiger partial charge in [-0.05, 0) is 18.8 Å². The van der Waals surface area contributed by atoms with Gasteiger partial charge in [0.2, 0.25) is 0 Å². The van der Waals surface area contributed by atoms with Crippen molar-refractivity contribution >= 4 is 0 Å². The van der Waals surface area contributed by atoms with Crippen LogP contribution in [0.3, 0.4) is 0 Å². The van der Waals surface area contributed by atoms with E-state index in [4.69, 9.17) is 10.5 Å². The summed E-state index contributed by atoms with van der Waals surface area (Å²) in [6, 6.07) is 0.397. The van der Waals surface area contributed by atoms with Gasteiger partial charge in [0.1, 0.15) is 0 Å². The molecule has 10 heavy (non-hydrogen) atoms. The normalized spacial score (nSPS) is 34.2. The summed E-state index contributed by atoms with van der Waals surface area (Å²) in [5, 5.41) is 0. The molecular weight excluding hydrogens is 126 g/mol. The third-order valence-electron chi connectivity index (χ3n) is 2.35. The highest BCUT2D eigenvalue weighted by Gasteiger charge is 2.20. The Bertz CT molecular complexity index is 93.3. The van der Waals surface area contributed by atoms with Crippen molar-refractivity contribution in [2.24, 2.45) is 11.7 Å². The van der Waals surface area contributed by atoms with Gasteiger partial charge in [0, 0.05) is 13.2 Å². The molecule has 0 amide bonds. The summed E-state index contributed by atoms with van der Waals surface area (Å²) in [4.78, 5) is 0. The molecule has 0 spiro atoms. The van der Waals surface area contributed by atoms with E-state index >= 15 is 0 Å². The van der Waals surface area contributed by atoms with Gasteiger partial charge >= 0.3 is 0 Å². The lowest BCUT2D eigenvalue weighted by Gasteiger charge is -2.27. The van der Waals surface area contributed by atoms with Crippen LogP contribution in [0.25, 0.3) is 0 Å². The van der Waals surface area contributed by atoms with E-state index in [0.717, 1.165) is 6.61 Å². The maximum absolute atomic E-state index is 5.89. The van der Waals surface area contributed by atoms with Crippen molar-refractivity contribution in [3.05, 3.63) is 0 Å². The first-order chi connectivity index (χ1) is 4.84. The van der Waals surface area contributed by atoms with Gasteiger partial charge in [0.15, 0.2) is 0 Å². The number of methoxy groups -OCH3 is 1. The number of hydrogen-bond acceptors (Lipinski definition) is 2. The third-order valence-corrected chi connectivity index (χ3v) is 2.35. The molecule has 1 rings (SSSR count). The van der Waals surface area contributed by atoms with E-state index in [0.29, 0.717) is 12.0 Å². The Kier molecular flexibility index (Phi) is 3.16. The third kappa shape index (κ3) is 1.96. The van der Waals surface area contributed by atoms with E-state index in [2.05, 4.69) is 0 Å². The molecule has 60 valence electrons. The molecule has 0 heterocycles. The van der Waals surface area contributed by atoms with Crippen molar-refractivity contribution < 1.29 is 4.74 Å². The first kappa shape index (κ1) is 8.02. The Morgan fingerprint density at radius 2 is 2.10 bits per heavy atom. The zero-order valence-corrected chi connectivity index (χ0v) is 6.68. The van der Waals surface area contributed by atoms with Gasteiger partial charge in [-0.2, -0.15) is 0 Å². The van der Waals surface area contributed by atoms with Crippen LogP contribution in [-0.2, 0) is 4.74 Å². The van der Waals surface area contributed by atoms with Crippen LogP contribution in [0.2, 0.25) is 0 Å². The zero-order valence-electron chi connectivity index (χ0n) is 6.68. The lowest BCUT2D eigenvalue weighted by atomic mass is 9.86. The number of hydrogen-bond donors (Lipinski definition) is 1. The van der Waals surface area contributed by atoms with Crippen LogP contribution in [-0.4, -0.2) is 19.8 Å². The van der Waals surface area contributed by atoms with Gasteiger partial charge in [-0.15, -0.1) is 0 Å². The van der Waals surface area contributed by atoms with Crippen molar-refractivity contribution in [2.75, 3.05) is 13.7 Å². The fourth-order valence-corrected chi connectivity index (χ4v) is 1.66. The molecule has 0 radical (unpaired) electrons.